The van der Waals surface area contributed by atoms with Crippen LogP contribution in [0.3, 0.4) is 0 Å². The molecule has 0 saturated carbocycles. The Kier molecular flexibility index (Phi) is 5.84. The molecule has 1 fully saturated rings. The highest BCUT2D eigenvalue weighted by molar-refractivity contribution is 7.89. The van der Waals surface area contributed by atoms with E-state index in [0.29, 0.717) is 12.1 Å². The standard InChI is InChI=1S/C16H14ClF4N3O5S/c1-22-13(16(19,20)21)8-14(25)24(15(22)26)11-7-12(9(17)6-10(11)18)30(27,28)23-2-4-29-5-3-23/h6-8H,2-5H2,1H3. The summed E-state index contributed by atoms with van der Waals surface area (Å²) in [5.74, 6) is -1.26. The van der Waals surface area contributed by atoms with Gasteiger partial charge in [-0.15, -0.1) is 0 Å². The Morgan fingerprint density at radius 1 is 1.10 bits per heavy atom. The smallest absolute Gasteiger partial charge is 0.379 e. The second-order valence-electron chi connectivity index (χ2n) is 6.29. The highest BCUT2D eigenvalue weighted by atomic mass is 35.5. The van der Waals surface area contributed by atoms with Gasteiger partial charge >= 0.3 is 11.9 Å². The molecule has 0 spiro atoms. The highest BCUT2D eigenvalue weighted by Gasteiger charge is 2.36. The molecular weight excluding hydrogens is 458 g/mol. The first-order valence-corrected chi connectivity index (χ1v) is 10.1. The van der Waals surface area contributed by atoms with Gasteiger partial charge in [0.25, 0.3) is 5.56 Å². The highest BCUT2D eigenvalue weighted by Crippen LogP contribution is 2.30. The van der Waals surface area contributed by atoms with Gasteiger partial charge in [-0.3, -0.25) is 9.36 Å². The summed E-state index contributed by atoms with van der Waals surface area (Å²) in [4.78, 5) is 24.0. The van der Waals surface area contributed by atoms with E-state index in [2.05, 4.69) is 0 Å². The molecule has 3 rings (SSSR count). The predicted molar refractivity (Wildman–Crippen MR) is 96.8 cm³/mol. The van der Waals surface area contributed by atoms with Crippen LogP contribution in [-0.2, 0) is 28.0 Å². The number of nitrogens with zero attached hydrogens (tertiary/aromatic N) is 3. The van der Waals surface area contributed by atoms with E-state index in [4.69, 9.17) is 16.3 Å². The van der Waals surface area contributed by atoms with E-state index in [-0.39, 0.29) is 41.5 Å². The van der Waals surface area contributed by atoms with Crippen molar-refractivity contribution in [2.45, 2.75) is 11.1 Å². The maximum Gasteiger partial charge on any atom is 0.431 e. The van der Waals surface area contributed by atoms with Crippen LogP contribution in [0.5, 0.6) is 0 Å². The molecule has 1 aromatic carbocycles. The fourth-order valence-corrected chi connectivity index (χ4v) is 4.85. The van der Waals surface area contributed by atoms with Gasteiger partial charge < -0.3 is 4.74 Å². The van der Waals surface area contributed by atoms with Crippen molar-refractivity contribution in [3.8, 4) is 5.69 Å². The Bertz CT molecular complexity index is 1220. The normalized spacial score (nSPS) is 16.1. The molecule has 0 bridgehead atoms. The predicted octanol–water partition coefficient (Wildman–Crippen LogP) is 1.37. The van der Waals surface area contributed by atoms with Crippen LogP contribution in [-0.4, -0.2) is 48.2 Å². The largest absolute Gasteiger partial charge is 0.431 e. The Hall–Kier alpha value is -2.22. The maximum absolute atomic E-state index is 14.5. The number of hydrogen-bond acceptors (Lipinski definition) is 5. The lowest BCUT2D eigenvalue weighted by Crippen LogP contribution is -2.42. The molecule has 2 heterocycles. The first kappa shape index (κ1) is 22.5. The van der Waals surface area contributed by atoms with Crippen molar-refractivity contribution in [2.24, 2.45) is 7.05 Å². The van der Waals surface area contributed by atoms with Crippen LogP contribution in [0.25, 0.3) is 5.69 Å². The summed E-state index contributed by atoms with van der Waals surface area (Å²) in [5, 5.41) is -0.514. The van der Waals surface area contributed by atoms with Gasteiger partial charge in [0.1, 0.15) is 16.4 Å². The van der Waals surface area contributed by atoms with Crippen LogP contribution in [0.4, 0.5) is 17.6 Å². The molecule has 0 amide bonds. The van der Waals surface area contributed by atoms with Crippen LogP contribution in [0.15, 0.2) is 32.7 Å². The first-order valence-electron chi connectivity index (χ1n) is 8.33. The minimum Gasteiger partial charge on any atom is -0.379 e. The van der Waals surface area contributed by atoms with E-state index >= 15 is 0 Å². The topological polar surface area (TPSA) is 90.6 Å². The van der Waals surface area contributed by atoms with E-state index in [0.717, 1.165) is 11.4 Å². The third-order valence-corrected chi connectivity index (χ3v) is 6.80. The van der Waals surface area contributed by atoms with Gasteiger partial charge in [0.2, 0.25) is 10.0 Å². The molecule has 2 aromatic rings. The van der Waals surface area contributed by atoms with Crippen LogP contribution < -0.4 is 11.2 Å². The molecule has 1 aromatic heterocycles. The maximum atomic E-state index is 14.5. The van der Waals surface area contributed by atoms with Gasteiger partial charge in [-0.25, -0.2) is 22.2 Å². The molecule has 0 aliphatic carbocycles. The minimum atomic E-state index is -5.00. The molecule has 0 N–H and O–H groups in total. The summed E-state index contributed by atoms with van der Waals surface area (Å²) < 4.78 is 85.6. The van der Waals surface area contributed by atoms with E-state index < -0.39 is 54.6 Å². The van der Waals surface area contributed by atoms with Crippen molar-refractivity contribution < 1.29 is 30.7 Å². The van der Waals surface area contributed by atoms with Gasteiger partial charge in [-0.2, -0.15) is 17.5 Å². The molecule has 1 aliphatic rings. The third-order valence-electron chi connectivity index (χ3n) is 4.44. The number of halogens is 5. The molecule has 8 nitrogen and oxygen atoms in total. The number of aromatic nitrogens is 2. The summed E-state index contributed by atoms with van der Waals surface area (Å²) in [7, 11) is -3.51. The molecule has 14 heteroatoms. The van der Waals surface area contributed by atoms with Crippen molar-refractivity contribution in [1.82, 2.24) is 13.4 Å². The van der Waals surface area contributed by atoms with E-state index in [1.54, 1.807) is 0 Å². The van der Waals surface area contributed by atoms with E-state index in [1.165, 1.54) is 0 Å². The summed E-state index contributed by atoms with van der Waals surface area (Å²) in [6.07, 6.45) is -5.00. The Morgan fingerprint density at radius 3 is 2.27 bits per heavy atom. The van der Waals surface area contributed by atoms with Crippen molar-refractivity contribution in [2.75, 3.05) is 26.3 Å². The summed E-state index contributed by atoms with van der Waals surface area (Å²) >= 11 is 5.89. The molecule has 1 saturated heterocycles. The number of alkyl halides is 3. The number of sulfonamides is 1. The summed E-state index contributed by atoms with van der Waals surface area (Å²) in [6.45, 7) is 0.217. The molecular formula is C16H14ClF4N3O5S. The average molecular weight is 472 g/mol. The van der Waals surface area contributed by atoms with Crippen molar-refractivity contribution in [3.63, 3.8) is 0 Å². The van der Waals surface area contributed by atoms with Crippen LogP contribution >= 0.6 is 11.6 Å². The first-order chi connectivity index (χ1) is 13.9. The third kappa shape index (κ3) is 3.89. The average Bonchev–Trinajstić information content (AvgIpc) is 2.66. The monoisotopic (exact) mass is 471 g/mol. The lowest BCUT2D eigenvalue weighted by atomic mass is 10.3. The van der Waals surface area contributed by atoms with Gasteiger partial charge in [-0.05, 0) is 12.1 Å². The second-order valence-corrected chi connectivity index (χ2v) is 8.61. The van der Waals surface area contributed by atoms with Gasteiger partial charge in [0.05, 0.1) is 23.9 Å². The fourth-order valence-electron chi connectivity index (χ4n) is 2.93. The Labute approximate surface area is 171 Å². The van der Waals surface area contributed by atoms with Gasteiger partial charge in [0, 0.05) is 26.2 Å². The zero-order chi connectivity index (χ0) is 22.4. The van der Waals surface area contributed by atoms with E-state index in [1.807, 2.05) is 0 Å². The minimum absolute atomic E-state index is 0.00658. The van der Waals surface area contributed by atoms with Crippen molar-refractivity contribution in [3.05, 3.63) is 55.6 Å². The van der Waals surface area contributed by atoms with Crippen LogP contribution in [0, 0.1) is 5.82 Å². The van der Waals surface area contributed by atoms with Gasteiger partial charge in [0.15, 0.2) is 0 Å². The Balaban J connectivity index is 2.25. The number of ether oxygens (including phenoxy) is 1. The number of benzene rings is 1. The number of rotatable bonds is 3. The molecule has 0 atom stereocenters. The lowest BCUT2D eigenvalue weighted by Gasteiger charge is -2.26. The number of morpholine rings is 1. The zero-order valence-electron chi connectivity index (χ0n) is 15.2. The molecule has 30 heavy (non-hydrogen) atoms. The van der Waals surface area contributed by atoms with E-state index in [9.17, 15) is 35.6 Å². The number of hydrogen-bond donors (Lipinski definition) is 0. The van der Waals surface area contributed by atoms with Crippen LogP contribution in [0.2, 0.25) is 5.02 Å². The Morgan fingerprint density at radius 2 is 1.70 bits per heavy atom. The van der Waals surface area contributed by atoms with Crippen LogP contribution in [0.1, 0.15) is 5.69 Å². The fraction of sp³-hybridized carbons (Fsp3) is 0.375. The van der Waals surface area contributed by atoms with Crippen molar-refractivity contribution in [1.29, 1.82) is 0 Å². The second kappa shape index (κ2) is 7.80. The summed E-state index contributed by atoms with van der Waals surface area (Å²) in [6, 6.07) is 1.35. The van der Waals surface area contributed by atoms with Gasteiger partial charge in [-0.1, -0.05) is 11.6 Å². The SMILES string of the molecule is Cn1c(C(F)(F)F)cc(=O)n(-c2cc(S(=O)(=O)N3CCOCC3)c(Cl)cc2F)c1=O. The zero-order valence-corrected chi connectivity index (χ0v) is 16.8. The van der Waals surface area contributed by atoms with Crippen molar-refractivity contribution >= 4 is 21.6 Å². The lowest BCUT2D eigenvalue weighted by molar-refractivity contribution is -0.144. The molecule has 1 aliphatic heterocycles. The quantitative estimate of drug-likeness (QED) is 0.631. The molecule has 164 valence electrons. The molecule has 0 unspecified atom stereocenters. The molecule has 0 radical (unpaired) electrons. The summed E-state index contributed by atoms with van der Waals surface area (Å²) in [5.41, 5.74) is -5.37.